The van der Waals surface area contributed by atoms with Crippen molar-refractivity contribution in [2.75, 3.05) is 26.2 Å². The van der Waals surface area contributed by atoms with Crippen LogP contribution in [0.15, 0.2) is 30.3 Å². The van der Waals surface area contributed by atoms with Gasteiger partial charge in [0.25, 0.3) is 0 Å². The first-order valence-electron chi connectivity index (χ1n) is 5.86. The lowest BCUT2D eigenvalue weighted by molar-refractivity contribution is -0.137. The highest BCUT2D eigenvalue weighted by Crippen LogP contribution is 2.21. The molecule has 1 atom stereocenters. The average molecular weight is 235 g/mol. The SMILES string of the molecule is O=C(O)CCN1CCOC(c2ccccc2)C1. The second kappa shape index (κ2) is 5.80. The smallest absolute Gasteiger partial charge is 0.304 e. The number of nitrogens with zero attached hydrogens (tertiary/aromatic N) is 1. The van der Waals surface area contributed by atoms with Crippen molar-refractivity contribution in [3.8, 4) is 0 Å². The molecule has 4 nitrogen and oxygen atoms in total. The monoisotopic (exact) mass is 235 g/mol. The van der Waals surface area contributed by atoms with Crippen LogP contribution in [0.25, 0.3) is 0 Å². The highest BCUT2D eigenvalue weighted by Gasteiger charge is 2.21. The number of morpholine rings is 1. The zero-order valence-corrected chi connectivity index (χ0v) is 9.71. The third-order valence-electron chi connectivity index (χ3n) is 2.96. The van der Waals surface area contributed by atoms with Crippen LogP contribution in [0.2, 0.25) is 0 Å². The summed E-state index contributed by atoms with van der Waals surface area (Å²) in [6.45, 7) is 2.86. The maximum atomic E-state index is 10.5. The maximum Gasteiger partial charge on any atom is 0.304 e. The molecule has 1 saturated heterocycles. The molecule has 0 aromatic heterocycles. The van der Waals surface area contributed by atoms with Gasteiger partial charge in [0.2, 0.25) is 0 Å². The van der Waals surface area contributed by atoms with E-state index in [1.165, 1.54) is 0 Å². The van der Waals surface area contributed by atoms with Gasteiger partial charge in [-0.05, 0) is 5.56 Å². The molecule has 1 aromatic carbocycles. The predicted octanol–water partition coefficient (Wildman–Crippen LogP) is 1.53. The van der Waals surface area contributed by atoms with Gasteiger partial charge in [0.15, 0.2) is 0 Å². The Bertz CT molecular complexity index is 366. The number of carboxylic acid groups (broad SMARTS) is 1. The van der Waals surface area contributed by atoms with Crippen LogP contribution in [0.5, 0.6) is 0 Å². The molecule has 0 radical (unpaired) electrons. The number of benzene rings is 1. The second-order valence-corrected chi connectivity index (χ2v) is 4.21. The molecular weight excluding hydrogens is 218 g/mol. The van der Waals surface area contributed by atoms with Crippen molar-refractivity contribution in [2.45, 2.75) is 12.5 Å². The minimum atomic E-state index is -0.743. The fraction of sp³-hybridized carbons (Fsp3) is 0.462. The van der Waals surface area contributed by atoms with Gasteiger partial charge in [-0.15, -0.1) is 0 Å². The highest BCUT2D eigenvalue weighted by atomic mass is 16.5. The zero-order valence-electron chi connectivity index (χ0n) is 9.71. The van der Waals surface area contributed by atoms with Crippen LogP contribution < -0.4 is 0 Å². The maximum absolute atomic E-state index is 10.5. The Morgan fingerprint density at radius 3 is 2.88 bits per heavy atom. The lowest BCUT2D eigenvalue weighted by Crippen LogP contribution is -2.39. The molecule has 4 heteroatoms. The molecule has 0 aliphatic carbocycles. The Kier molecular flexibility index (Phi) is 4.12. The van der Waals surface area contributed by atoms with E-state index in [0.29, 0.717) is 13.2 Å². The van der Waals surface area contributed by atoms with Crippen LogP contribution >= 0.6 is 0 Å². The zero-order chi connectivity index (χ0) is 12.1. The molecule has 1 unspecified atom stereocenters. The fourth-order valence-electron chi connectivity index (χ4n) is 2.03. The Morgan fingerprint density at radius 2 is 2.18 bits per heavy atom. The van der Waals surface area contributed by atoms with Crippen molar-refractivity contribution in [2.24, 2.45) is 0 Å². The number of carbonyl (C=O) groups is 1. The van der Waals surface area contributed by atoms with E-state index in [4.69, 9.17) is 9.84 Å². The van der Waals surface area contributed by atoms with Crippen LogP contribution in [-0.4, -0.2) is 42.2 Å². The topological polar surface area (TPSA) is 49.8 Å². The van der Waals surface area contributed by atoms with Crippen LogP contribution in [-0.2, 0) is 9.53 Å². The summed E-state index contributed by atoms with van der Waals surface area (Å²) in [6, 6.07) is 10.1. The van der Waals surface area contributed by atoms with E-state index in [0.717, 1.165) is 18.7 Å². The van der Waals surface area contributed by atoms with Gasteiger partial charge in [-0.25, -0.2) is 0 Å². The normalized spacial score (nSPS) is 21.3. The van der Waals surface area contributed by atoms with Crippen molar-refractivity contribution in [3.63, 3.8) is 0 Å². The van der Waals surface area contributed by atoms with Crippen molar-refractivity contribution >= 4 is 5.97 Å². The van der Waals surface area contributed by atoms with Crippen LogP contribution in [0.1, 0.15) is 18.1 Å². The minimum absolute atomic E-state index is 0.0683. The standard InChI is InChI=1S/C13H17NO3/c15-13(16)6-7-14-8-9-17-12(10-14)11-4-2-1-3-5-11/h1-5,12H,6-10H2,(H,15,16). The number of aliphatic carboxylic acids is 1. The summed E-state index contributed by atoms with van der Waals surface area (Å²) < 4.78 is 5.71. The number of carboxylic acids is 1. The van der Waals surface area contributed by atoms with Gasteiger partial charge in [0, 0.05) is 19.6 Å². The van der Waals surface area contributed by atoms with E-state index in [1.807, 2.05) is 30.3 Å². The molecule has 1 aliphatic rings. The molecule has 0 spiro atoms. The first-order chi connectivity index (χ1) is 8.25. The van der Waals surface area contributed by atoms with E-state index in [1.54, 1.807) is 0 Å². The first-order valence-corrected chi connectivity index (χ1v) is 5.86. The predicted molar refractivity (Wildman–Crippen MR) is 63.8 cm³/mol. The van der Waals surface area contributed by atoms with E-state index in [9.17, 15) is 4.79 Å². The quantitative estimate of drug-likeness (QED) is 0.860. The number of rotatable bonds is 4. The Morgan fingerprint density at radius 1 is 1.41 bits per heavy atom. The number of ether oxygens (including phenoxy) is 1. The highest BCUT2D eigenvalue weighted by molar-refractivity contribution is 5.66. The lowest BCUT2D eigenvalue weighted by atomic mass is 10.1. The summed E-state index contributed by atoms with van der Waals surface area (Å²) in [6.07, 6.45) is 0.264. The summed E-state index contributed by atoms with van der Waals surface area (Å²) in [5.74, 6) is -0.743. The van der Waals surface area contributed by atoms with Gasteiger partial charge >= 0.3 is 5.97 Å². The van der Waals surface area contributed by atoms with Crippen LogP contribution in [0.3, 0.4) is 0 Å². The summed E-state index contributed by atoms with van der Waals surface area (Å²) in [5.41, 5.74) is 1.16. The number of hydrogen-bond donors (Lipinski definition) is 1. The van der Waals surface area contributed by atoms with Crippen LogP contribution in [0, 0.1) is 0 Å². The summed E-state index contributed by atoms with van der Waals surface area (Å²) in [5, 5.41) is 8.67. The largest absolute Gasteiger partial charge is 0.481 e. The minimum Gasteiger partial charge on any atom is -0.481 e. The van der Waals surface area contributed by atoms with Gasteiger partial charge in [0.1, 0.15) is 0 Å². The number of hydrogen-bond acceptors (Lipinski definition) is 3. The first kappa shape index (κ1) is 12.1. The molecule has 92 valence electrons. The summed E-state index contributed by atoms with van der Waals surface area (Å²) >= 11 is 0. The average Bonchev–Trinajstić information content (AvgIpc) is 2.38. The summed E-state index contributed by atoms with van der Waals surface area (Å²) in [7, 11) is 0. The molecule has 17 heavy (non-hydrogen) atoms. The second-order valence-electron chi connectivity index (χ2n) is 4.21. The third-order valence-corrected chi connectivity index (χ3v) is 2.96. The van der Waals surface area contributed by atoms with Crippen LogP contribution in [0.4, 0.5) is 0 Å². The Labute approximate surface area is 101 Å². The van der Waals surface area contributed by atoms with Gasteiger partial charge in [0.05, 0.1) is 19.1 Å². The summed E-state index contributed by atoms with van der Waals surface area (Å²) in [4.78, 5) is 12.7. The molecule has 1 heterocycles. The van der Waals surface area contributed by atoms with E-state index >= 15 is 0 Å². The van der Waals surface area contributed by atoms with Gasteiger partial charge in [-0.2, -0.15) is 0 Å². The van der Waals surface area contributed by atoms with E-state index in [2.05, 4.69) is 4.90 Å². The molecule has 2 rings (SSSR count). The lowest BCUT2D eigenvalue weighted by Gasteiger charge is -2.32. The van der Waals surface area contributed by atoms with Crippen molar-refractivity contribution in [1.82, 2.24) is 4.90 Å². The van der Waals surface area contributed by atoms with Gasteiger partial charge < -0.3 is 9.84 Å². The molecule has 1 aliphatic heterocycles. The third kappa shape index (κ3) is 3.54. The molecule has 1 fully saturated rings. The molecule has 1 aromatic rings. The van der Waals surface area contributed by atoms with E-state index in [-0.39, 0.29) is 12.5 Å². The van der Waals surface area contributed by atoms with E-state index < -0.39 is 5.97 Å². The van der Waals surface area contributed by atoms with Crippen molar-refractivity contribution in [1.29, 1.82) is 0 Å². The molecule has 0 amide bonds. The molecule has 0 saturated carbocycles. The Balaban J connectivity index is 1.91. The van der Waals surface area contributed by atoms with Crippen molar-refractivity contribution < 1.29 is 14.6 Å². The molecule has 1 N–H and O–H groups in total. The molecular formula is C13H17NO3. The van der Waals surface area contributed by atoms with Gasteiger partial charge in [-0.1, -0.05) is 30.3 Å². The Hall–Kier alpha value is -1.39. The van der Waals surface area contributed by atoms with Gasteiger partial charge in [-0.3, -0.25) is 9.69 Å². The molecule has 0 bridgehead atoms. The van der Waals surface area contributed by atoms with Crippen molar-refractivity contribution in [3.05, 3.63) is 35.9 Å². The fourth-order valence-corrected chi connectivity index (χ4v) is 2.03.